The minimum atomic E-state index is -0.0377. The molecule has 4 nitrogen and oxygen atoms in total. The van der Waals surface area contributed by atoms with Crippen LogP contribution in [0.15, 0.2) is 35.7 Å². The van der Waals surface area contributed by atoms with Gasteiger partial charge in [0, 0.05) is 29.8 Å². The van der Waals surface area contributed by atoms with E-state index < -0.39 is 0 Å². The van der Waals surface area contributed by atoms with Gasteiger partial charge in [0.15, 0.2) is 5.78 Å². The van der Waals surface area contributed by atoms with Crippen LogP contribution < -0.4 is 5.32 Å². The van der Waals surface area contributed by atoms with Crippen molar-refractivity contribution >= 4 is 23.0 Å². The Balaban J connectivity index is 1.64. The minimum Gasteiger partial charge on any atom is -0.350 e. The highest BCUT2D eigenvalue weighted by Gasteiger charge is 2.26. The van der Waals surface area contributed by atoms with Crippen LogP contribution in [0.5, 0.6) is 0 Å². The summed E-state index contributed by atoms with van der Waals surface area (Å²) in [6.45, 7) is 7.81. The number of ketones is 1. The Morgan fingerprint density at radius 1 is 1.23 bits per heavy atom. The first-order chi connectivity index (χ1) is 12.5. The lowest BCUT2D eigenvalue weighted by molar-refractivity contribution is 0.0934. The molecule has 2 aromatic rings. The van der Waals surface area contributed by atoms with Crippen molar-refractivity contribution in [1.29, 1.82) is 0 Å². The maximum atomic E-state index is 12.5. The summed E-state index contributed by atoms with van der Waals surface area (Å²) in [5.41, 5.74) is 2.56. The maximum absolute atomic E-state index is 12.5. The van der Waals surface area contributed by atoms with E-state index in [2.05, 4.69) is 24.1 Å². The minimum absolute atomic E-state index is 0.0377. The molecular formula is C21H26N2O2S. The summed E-state index contributed by atoms with van der Waals surface area (Å²) in [6.07, 6.45) is 2.34. The Labute approximate surface area is 159 Å². The van der Waals surface area contributed by atoms with Gasteiger partial charge in [0.2, 0.25) is 0 Å². The van der Waals surface area contributed by atoms with Gasteiger partial charge in [-0.1, -0.05) is 12.1 Å². The van der Waals surface area contributed by atoms with Crippen molar-refractivity contribution in [1.82, 2.24) is 10.2 Å². The SMILES string of the molecule is CC(=O)c1sccc1-c1ccc(C(=O)NC[C@H]2CCCN2C(C)C)cc1. The van der Waals surface area contributed by atoms with Gasteiger partial charge in [-0.05, 0) is 69.3 Å². The third kappa shape index (κ3) is 4.05. The third-order valence-corrected chi connectivity index (χ3v) is 6.04. The lowest BCUT2D eigenvalue weighted by atomic mass is 10.0. The second-order valence-electron chi connectivity index (χ2n) is 7.13. The molecule has 1 aliphatic heterocycles. The van der Waals surface area contributed by atoms with Crippen molar-refractivity contribution in [2.45, 2.75) is 45.7 Å². The molecule has 1 fully saturated rings. The Bertz CT molecular complexity index is 780. The third-order valence-electron chi connectivity index (χ3n) is 5.03. The number of benzene rings is 1. The Kier molecular flexibility index (Phi) is 5.89. The molecule has 26 heavy (non-hydrogen) atoms. The fraction of sp³-hybridized carbons (Fsp3) is 0.429. The van der Waals surface area contributed by atoms with E-state index in [1.165, 1.54) is 17.8 Å². The summed E-state index contributed by atoms with van der Waals surface area (Å²) >= 11 is 1.45. The molecule has 0 aliphatic carbocycles. The molecule has 2 heterocycles. The van der Waals surface area contributed by atoms with E-state index >= 15 is 0 Å². The largest absolute Gasteiger partial charge is 0.350 e. The van der Waals surface area contributed by atoms with Crippen LogP contribution in [0.4, 0.5) is 0 Å². The Morgan fingerprint density at radius 3 is 2.62 bits per heavy atom. The molecule has 138 valence electrons. The highest BCUT2D eigenvalue weighted by molar-refractivity contribution is 7.12. The van der Waals surface area contributed by atoms with E-state index in [-0.39, 0.29) is 11.7 Å². The fourth-order valence-electron chi connectivity index (χ4n) is 3.68. The number of carbonyl (C=O) groups excluding carboxylic acids is 2. The first-order valence-electron chi connectivity index (χ1n) is 9.20. The van der Waals surface area contributed by atoms with Crippen molar-refractivity contribution in [3.8, 4) is 11.1 Å². The van der Waals surface area contributed by atoms with E-state index in [9.17, 15) is 9.59 Å². The number of hydrogen-bond acceptors (Lipinski definition) is 4. The average Bonchev–Trinajstić information content (AvgIpc) is 3.29. The van der Waals surface area contributed by atoms with E-state index in [1.54, 1.807) is 6.92 Å². The van der Waals surface area contributed by atoms with Crippen LogP contribution >= 0.6 is 11.3 Å². The van der Waals surface area contributed by atoms with Crippen LogP contribution in [-0.2, 0) is 0 Å². The van der Waals surface area contributed by atoms with Gasteiger partial charge in [0.25, 0.3) is 5.91 Å². The summed E-state index contributed by atoms with van der Waals surface area (Å²) in [5.74, 6) is 0.0346. The van der Waals surface area contributed by atoms with Crippen molar-refractivity contribution in [2.75, 3.05) is 13.1 Å². The zero-order valence-corrected chi connectivity index (χ0v) is 16.4. The first kappa shape index (κ1) is 18.8. The zero-order valence-electron chi connectivity index (χ0n) is 15.6. The highest BCUT2D eigenvalue weighted by atomic mass is 32.1. The topological polar surface area (TPSA) is 49.4 Å². The second kappa shape index (κ2) is 8.14. The van der Waals surface area contributed by atoms with Gasteiger partial charge in [-0.25, -0.2) is 0 Å². The van der Waals surface area contributed by atoms with E-state index in [0.29, 0.717) is 24.2 Å². The molecule has 1 amide bonds. The van der Waals surface area contributed by atoms with Crippen LogP contribution in [0.3, 0.4) is 0 Å². The maximum Gasteiger partial charge on any atom is 0.251 e. The number of thiophene rings is 1. The number of nitrogens with zero attached hydrogens (tertiary/aromatic N) is 1. The number of hydrogen-bond donors (Lipinski definition) is 1. The Morgan fingerprint density at radius 2 is 1.96 bits per heavy atom. The summed E-state index contributed by atoms with van der Waals surface area (Å²) in [6, 6.07) is 10.4. The number of carbonyl (C=O) groups is 2. The predicted octanol–water partition coefficient (Wildman–Crippen LogP) is 4.22. The summed E-state index contributed by atoms with van der Waals surface area (Å²) in [5, 5.41) is 5.00. The van der Waals surface area contributed by atoms with Gasteiger partial charge < -0.3 is 5.32 Å². The Hall–Kier alpha value is -1.98. The van der Waals surface area contributed by atoms with E-state index in [0.717, 1.165) is 29.0 Å². The van der Waals surface area contributed by atoms with Gasteiger partial charge in [0.05, 0.1) is 4.88 Å². The molecule has 3 rings (SSSR count). The van der Waals surface area contributed by atoms with Crippen LogP contribution in [0.25, 0.3) is 11.1 Å². The molecule has 1 saturated heterocycles. The first-order valence-corrected chi connectivity index (χ1v) is 10.1. The number of nitrogens with one attached hydrogen (secondary N) is 1. The lowest BCUT2D eigenvalue weighted by Gasteiger charge is -2.28. The number of rotatable bonds is 6. The molecule has 1 aromatic carbocycles. The summed E-state index contributed by atoms with van der Waals surface area (Å²) in [4.78, 5) is 27.4. The van der Waals surface area contributed by atoms with Crippen LogP contribution in [-0.4, -0.2) is 41.8 Å². The average molecular weight is 371 g/mol. The van der Waals surface area contributed by atoms with Gasteiger partial charge in [-0.2, -0.15) is 0 Å². The molecule has 1 aromatic heterocycles. The number of likely N-dealkylation sites (tertiary alicyclic amines) is 1. The molecule has 0 saturated carbocycles. The monoisotopic (exact) mass is 370 g/mol. The molecule has 1 aliphatic rings. The molecule has 1 N–H and O–H groups in total. The lowest BCUT2D eigenvalue weighted by Crippen LogP contribution is -2.43. The van der Waals surface area contributed by atoms with Crippen molar-refractivity contribution in [2.24, 2.45) is 0 Å². The molecule has 5 heteroatoms. The molecule has 0 unspecified atom stereocenters. The van der Waals surface area contributed by atoms with Gasteiger partial charge in [-0.3, -0.25) is 14.5 Å². The number of Topliss-reactive ketones (excluding diaryl/α,β-unsaturated/α-hetero) is 1. The second-order valence-corrected chi connectivity index (χ2v) is 8.05. The fourth-order valence-corrected chi connectivity index (χ4v) is 4.50. The standard InChI is InChI=1S/C21H26N2O2S/c1-14(2)23-11-4-5-18(23)13-22-21(25)17-8-6-16(7-9-17)19-10-12-26-20(19)15(3)24/h6-10,12,14,18H,4-5,11,13H2,1-3H3,(H,22,25)/t18-/m1/s1. The zero-order chi connectivity index (χ0) is 18.7. The van der Waals surface area contributed by atoms with Crippen molar-refractivity contribution in [3.63, 3.8) is 0 Å². The number of amides is 1. The molecule has 0 bridgehead atoms. The van der Waals surface area contributed by atoms with Gasteiger partial charge >= 0.3 is 0 Å². The predicted molar refractivity (Wildman–Crippen MR) is 107 cm³/mol. The van der Waals surface area contributed by atoms with Gasteiger partial charge in [0.1, 0.15) is 0 Å². The summed E-state index contributed by atoms with van der Waals surface area (Å²) in [7, 11) is 0. The molecule has 0 spiro atoms. The van der Waals surface area contributed by atoms with Crippen molar-refractivity contribution < 1.29 is 9.59 Å². The molecule has 1 atom stereocenters. The smallest absolute Gasteiger partial charge is 0.251 e. The van der Waals surface area contributed by atoms with Gasteiger partial charge in [-0.15, -0.1) is 11.3 Å². The van der Waals surface area contributed by atoms with Crippen LogP contribution in [0.2, 0.25) is 0 Å². The van der Waals surface area contributed by atoms with Crippen LogP contribution in [0.1, 0.15) is 53.6 Å². The van der Waals surface area contributed by atoms with Crippen molar-refractivity contribution in [3.05, 3.63) is 46.2 Å². The summed E-state index contributed by atoms with van der Waals surface area (Å²) < 4.78 is 0. The quantitative estimate of drug-likeness (QED) is 0.775. The highest BCUT2D eigenvalue weighted by Crippen LogP contribution is 2.29. The molecular weight excluding hydrogens is 344 g/mol. The van der Waals surface area contributed by atoms with E-state index in [1.807, 2.05) is 35.7 Å². The van der Waals surface area contributed by atoms with E-state index in [4.69, 9.17) is 0 Å². The van der Waals surface area contributed by atoms with Crippen LogP contribution in [0, 0.1) is 0 Å². The normalized spacial score (nSPS) is 17.6. The molecule has 0 radical (unpaired) electrons.